The summed E-state index contributed by atoms with van der Waals surface area (Å²) < 4.78 is 0. The maximum absolute atomic E-state index is 6.12. The molecule has 100 valence electrons. The highest BCUT2D eigenvalue weighted by Gasteiger charge is 2.07. The van der Waals surface area contributed by atoms with Crippen LogP contribution in [0.1, 0.15) is 5.56 Å². The van der Waals surface area contributed by atoms with E-state index in [9.17, 15) is 0 Å². The first-order chi connectivity index (χ1) is 9.15. The lowest BCUT2D eigenvalue weighted by Crippen LogP contribution is -2.26. The topological polar surface area (TPSA) is 64.9 Å². The van der Waals surface area contributed by atoms with E-state index in [0.717, 1.165) is 28.4 Å². The van der Waals surface area contributed by atoms with E-state index in [-0.39, 0.29) is 6.04 Å². The zero-order valence-electron chi connectivity index (χ0n) is 10.4. The van der Waals surface area contributed by atoms with Crippen molar-refractivity contribution in [3.05, 3.63) is 53.3 Å². The molecular weight excluding hydrogens is 278 g/mol. The molecule has 4 N–H and O–H groups in total. The van der Waals surface area contributed by atoms with Crippen LogP contribution in [0.25, 0.3) is 0 Å². The third-order valence-electron chi connectivity index (χ3n) is 2.70. The molecule has 1 heterocycles. The highest BCUT2D eigenvalue weighted by Crippen LogP contribution is 2.22. The van der Waals surface area contributed by atoms with Crippen molar-refractivity contribution in [3.63, 3.8) is 0 Å². The molecule has 0 aliphatic rings. The molecule has 2 aromatic rings. The second-order valence-corrected chi connectivity index (χ2v) is 5.83. The standard InChI is InChI=1S/C14H16ClN3S/c15-11-1-3-13(4-2-11)19-9-12(16)7-10-8-18-6-5-14(10)17/h1-6,8,12H,7,9,16H2,(H2,17,18). The minimum atomic E-state index is 0.0483. The van der Waals surface area contributed by atoms with Gasteiger partial charge in [-0.15, -0.1) is 11.8 Å². The third-order valence-corrected chi connectivity index (χ3v) is 4.15. The number of hydrogen-bond acceptors (Lipinski definition) is 4. The van der Waals surface area contributed by atoms with Gasteiger partial charge in [-0.05, 0) is 42.3 Å². The first-order valence-electron chi connectivity index (χ1n) is 5.97. The van der Waals surface area contributed by atoms with Crippen molar-refractivity contribution >= 4 is 29.1 Å². The number of nitrogen functional groups attached to an aromatic ring is 1. The van der Waals surface area contributed by atoms with Crippen molar-refractivity contribution in [1.29, 1.82) is 0 Å². The highest BCUT2D eigenvalue weighted by atomic mass is 35.5. The van der Waals surface area contributed by atoms with Crippen LogP contribution in [-0.2, 0) is 6.42 Å². The summed E-state index contributed by atoms with van der Waals surface area (Å²) in [5.41, 5.74) is 13.8. The molecule has 1 aromatic carbocycles. The summed E-state index contributed by atoms with van der Waals surface area (Å²) in [6.45, 7) is 0. The van der Waals surface area contributed by atoms with Gasteiger partial charge in [0.2, 0.25) is 0 Å². The van der Waals surface area contributed by atoms with Crippen LogP contribution in [0.15, 0.2) is 47.6 Å². The molecule has 0 bridgehead atoms. The van der Waals surface area contributed by atoms with E-state index in [2.05, 4.69) is 4.98 Å². The number of aromatic nitrogens is 1. The number of hydrogen-bond donors (Lipinski definition) is 2. The van der Waals surface area contributed by atoms with Crippen LogP contribution in [0.4, 0.5) is 5.69 Å². The van der Waals surface area contributed by atoms with E-state index in [4.69, 9.17) is 23.1 Å². The van der Waals surface area contributed by atoms with Gasteiger partial charge in [-0.1, -0.05) is 11.6 Å². The quantitative estimate of drug-likeness (QED) is 0.832. The third kappa shape index (κ3) is 4.42. The van der Waals surface area contributed by atoms with E-state index in [1.165, 1.54) is 4.90 Å². The summed E-state index contributed by atoms with van der Waals surface area (Å²) in [4.78, 5) is 5.24. The molecule has 0 amide bonds. The molecule has 5 heteroatoms. The van der Waals surface area contributed by atoms with Crippen LogP contribution in [0.2, 0.25) is 5.02 Å². The average molecular weight is 294 g/mol. The van der Waals surface area contributed by atoms with Gasteiger partial charge in [-0.25, -0.2) is 0 Å². The molecule has 1 aromatic heterocycles. The summed E-state index contributed by atoms with van der Waals surface area (Å²) in [5, 5.41) is 0.747. The number of nitrogens with two attached hydrogens (primary N) is 2. The molecule has 19 heavy (non-hydrogen) atoms. The first kappa shape index (κ1) is 14.2. The van der Waals surface area contributed by atoms with Crippen molar-refractivity contribution in [2.24, 2.45) is 5.73 Å². The Hall–Kier alpha value is -1.23. The summed E-state index contributed by atoms with van der Waals surface area (Å²) in [7, 11) is 0. The van der Waals surface area contributed by atoms with Crippen LogP contribution in [-0.4, -0.2) is 16.8 Å². The van der Waals surface area contributed by atoms with E-state index >= 15 is 0 Å². The Morgan fingerprint density at radius 1 is 1.21 bits per heavy atom. The number of anilines is 1. The lowest BCUT2D eigenvalue weighted by Gasteiger charge is -2.12. The zero-order valence-corrected chi connectivity index (χ0v) is 12.0. The van der Waals surface area contributed by atoms with Gasteiger partial charge in [0.25, 0.3) is 0 Å². The van der Waals surface area contributed by atoms with Crippen LogP contribution in [0.5, 0.6) is 0 Å². The van der Waals surface area contributed by atoms with E-state index in [0.29, 0.717) is 0 Å². The van der Waals surface area contributed by atoms with Crippen molar-refractivity contribution < 1.29 is 0 Å². The number of thioether (sulfide) groups is 1. The monoisotopic (exact) mass is 293 g/mol. The summed E-state index contributed by atoms with van der Waals surface area (Å²) >= 11 is 7.56. The van der Waals surface area contributed by atoms with Crippen LogP contribution < -0.4 is 11.5 Å². The molecule has 0 aliphatic carbocycles. The fourth-order valence-electron chi connectivity index (χ4n) is 1.68. The molecule has 0 aliphatic heterocycles. The van der Waals surface area contributed by atoms with Crippen molar-refractivity contribution in [1.82, 2.24) is 4.98 Å². The van der Waals surface area contributed by atoms with Gasteiger partial charge in [0, 0.05) is 39.8 Å². The zero-order chi connectivity index (χ0) is 13.7. The fraction of sp³-hybridized carbons (Fsp3) is 0.214. The van der Waals surface area contributed by atoms with Crippen LogP contribution in [0.3, 0.4) is 0 Å². The molecule has 1 atom stereocenters. The number of nitrogens with zero attached hydrogens (tertiary/aromatic N) is 1. The van der Waals surface area contributed by atoms with Crippen LogP contribution >= 0.6 is 23.4 Å². The van der Waals surface area contributed by atoms with Gasteiger partial charge < -0.3 is 11.5 Å². The largest absolute Gasteiger partial charge is 0.398 e. The second kappa shape index (κ2) is 6.80. The molecule has 3 nitrogen and oxygen atoms in total. The maximum atomic E-state index is 6.12. The van der Waals surface area contributed by atoms with Crippen molar-refractivity contribution in [2.75, 3.05) is 11.5 Å². The van der Waals surface area contributed by atoms with Crippen LogP contribution in [0, 0.1) is 0 Å². The number of benzene rings is 1. The van der Waals surface area contributed by atoms with Gasteiger partial charge in [0.15, 0.2) is 0 Å². The predicted octanol–water partition coefficient (Wildman–Crippen LogP) is 2.98. The Morgan fingerprint density at radius 2 is 1.95 bits per heavy atom. The molecule has 1 unspecified atom stereocenters. The van der Waals surface area contributed by atoms with E-state index in [1.54, 1.807) is 30.2 Å². The number of pyridine rings is 1. The predicted molar refractivity (Wildman–Crippen MR) is 82.5 cm³/mol. The van der Waals surface area contributed by atoms with Crippen molar-refractivity contribution in [2.45, 2.75) is 17.4 Å². The van der Waals surface area contributed by atoms with Gasteiger partial charge in [-0.3, -0.25) is 4.98 Å². The molecule has 2 rings (SSSR count). The first-order valence-corrected chi connectivity index (χ1v) is 7.34. The Labute approximate surface area is 122 Å². The molecular formula is C14H16ClN3S. The van der Waals surface area contributed by atoms with Crippen molar-refractivity contribution in [3.8, 4) is 0 Å². The Morgan fingerprint density at radius 3 is 2.63 bits per heavy atom. The lowest BCUT2D eigenvalue weighted by molar-refractivity contribution is 0.747. The van der Waals surface area contributed by atoms with Gasteiger partial charge in [0.1, 0.15) is 0 Å². The summed E-state index contributed by atoms with van der Waals surface area (Å²) in [6, 6.07) is 9.61. The average Bonchev–Trinajstić information content (AvgIpc) is 2.41. The fourth-order valence-corrected chi connectivity index (χ4v) is 2.66. The summed E-state index contributed by atoms with van der Waals surface area (Å²) in [6.07, 6.45) is 4.20. The Kier molecular flexibility index (Phi) is 5.07. The smallest absolute Gasteiger partial charge is 0.0406 e. The molecule has 0 radical (unpaired) electrons. The summed E-state index contributed by atoms with van der Waals surface area (Å²) in [5.74, 6) is 0.829. The second-order valence-electron chi connectivity index (χ2n) is 4.30. The van der Waals surface area contributed by atoms with E-state index in [1.807, 2.05) is 24.3 Å². The van der Waals surface area contributed by atoms with Gasteiger partial charge in [-0.2, -0.15) is 0 Å². The van der Waals surface area contributed by atoms with E-state index < -0.39 is 0 Å². The van der Waals surface area contributed by atoms with Gasteiger partial charge >= 0.3 is 0 Å². The van der Waals surface area contributed by atoms with Gasteiger partial charge in [0.05, 0.1) is 0 Å². The minimum Gasteiger partial charge on any atom is -0.398 e. The Bertz CT molecular complexity index is 530. The highest BCUT2D eigenvalue weighted by molar-refractivity contribution is 7.99. The lowest BCUT2D eigenvalue weighted by atomic mass is 10.1. The minimum absolute atomic E-state index is 0.0483. The Balaban J connectivity index is 1.86. The molecule has 0 fully saturated rings. The maximum Gasteiger partial charge on any atom is 0.0406 e. The molecule has 0 saturated heterocycles. The molecule has 0 saturated carbocycles. The number of halogens is 1. The normalized spacial score (nSPS) is 12.3. The molecule has 0 spiro atoms. The number of rotatable bonds is 5. The SMILES string of the molecule is Nc1ccncc1CC(N)CSc1ccc(Cl)cc1.